The van der Waals surface area contributed by atoms with Gasteiger partial charge in [-0.2, -0.15) is 0 Å². The molecule has 3 fully saturated rings. The van der Waals surface area contributed by atoms with E-state index in [4.69, 9.17) is 9.47 Å². The predicted molar refractivity (Wildman–Crippen MR) is 238 cm³/mol. The van der Waals surface area contributed by atoms with Crippen LogP contribution in [0.4, 0.5) is 4.79 Å². The normalized spacial score (nSPS) is 19.3. The number of nitrogens with zero attached hydrogens (tertiary/aromatic N) is 1. The number of piperidine rings is 3. The van der Waals surface area contributed by atoms with Crippen LogP contribution in [0.1, 0.15) is 103 Å². The number of rotatable bonds is 21. The number of Topliss-reactive ketones (excluding diaryl/α,β-unsaturated/α-hetero) is 1. The quantitative estimate of drug-likeness (QED) is 0.0282. The van der Waals surface area contributed by atoms with Crippen molar-refractivity contribution in [2.75, 3.05) is 45.9 Å². The second kappa shape index (κ2) is 20.9. The molecule has 0 aliphatic carbocycles. The first-order chi connectivity index (χ1) is 29.7. The molecule has 4 aromatic carbocycles. The summed E-state index contributed by atoms with van der Waals surface area (Å²) in [5, 5.41) is 28.0. The number of aromatic nitrogens is 1. The fourth-order valence-corrected chi connectivity index (χ4v) is 9.16. The van der Waals surface area contributed by atoms with Crippen molar-refractivity contribution in [3.8, 4) is 11.5 Å². The largest absolute Gasteiger partial charge is 0.506 e. The number of ether oxygens (including phenoxy) is 2. The molecule has 0 saturated carbocycles. The summed E-state index contributed by atoms with van der Waals surface area (Å²) in [6, 6.07) is 31.4. The van der Waals surface area contributed by atoms with E-state index in [1.165, 1.54) is 12.1 Å². The molecule has 5 N–H and O–H groups in total. The lowest BCUT2D eigenvalue weighted by atomic mass is 9.83. The Hall–Kier alpha value is -5.49. The Kier molecular flexibility index (Phi) is 14.9. The van der Waals surface area contributed by atoms with Crippen molar-refractivity contribution in [2.24, 2.45) is 5.92 Å². The molecule has 322 valence electrons. The number of amides is 1. The predicted octanol–water partition coefficient (Wildman–Crippen LogP) is 8.28. The van der Waals surface area contributed by atoms with Crippen LogP contribution in [0.25, 0.3) is 10.9 Å². The standard InChI is InChI=1S/C50H60N4O7/c1-35-19-20-39(31-45(35)60-30-14-6-4-2-3-5-13-27-51-32-43(56)40-21-23-42(55)49-41(40)22-24-47(58)52-49)48(38-17-11-8-12-18-38)53-50(59)61-46-34-54(28-25-37(46)26-29-54)33-44(57)36-15-9-7-10-16-36/h7-12,15-24,31,37,43,46,48,51,56H,2-6,13-14,25-30,32-34H2,1H3,(H2-,52,53,55,58,59)/p+1. The number of fused-ring (bicyclic) bond motifs is 4. The van der Waals surface area contributed by atoms with Crippen molar-refractivity contribution < 1.29 is 33.8 Å². The third-order valence-corrected chi connectivity index (χ3v) is 12.7. The minimum absolute atomic E-state index is 0.0155. The fourth-order valence-electron chi connectivity index (χ4n) is 9.16. The minimum Gasteiger partial charge on any atom is -0.506 e. The Morgan fingerprint density at radius 1 is 0.836 bits per heavy atom. The van der Waals surface area contributed by atoms with Crippen LogP contribution < -0.4 is 20.9 Å². The number of aliphatic hydroxyl groups excluding tert-OH is 1. The number of ketones is 1. The van der Waals surface area contributed by atoms with Crippen molar-refractivity contribution in [1.29, 1.82) is 0 Å². The number of aliphatic hydroxyl groups is 1. The second-order valence-electron chi connectivity index (χ2n) is 17.0. The van der Waals surface area contributed by atoms with Crippen molar-refractivity contribution in [3.05, 3.63) is 141 Å². The van der Waals surface area contributed by atoms with Gasteiger partial charge in [-0.05, 0) is 66.8 Å². The Morgan fingerprint density at radius 3 is 2.30 bits per heavy atom. The van der Waals surface area contributed by atoms with E-state index in [0.717, 1.165) is 105 Å². The van der Waals surface area contributed by atoms with E-state index in [9.17, 15) is 24.6 Å². The van der Waals surface area contributed by atoms with Crippen molar-refractivity contribution in [1.82, 2.24) is 15.6 Å². The Morgan fingerprint density at radius 2 is 1.54 bits per heavy atom. The minimum atomic E-state index is -0.756. The zero-order valence-corrected chi connectivity index (χ0v) is 35.3. The van der Waals surface area contributed by atoms with Crippen molar-refractivity contribution in [3.63, 3.8) is 0 Å². The number of hydrogen-bond donors (Lipinski definition) is 5. The van der Waals surface area contributed by atoms with E-state index >= 15 is 0 Å². The number of aromatic hydroxyl groups is 1. The number of carbonyl (C=O) groups is 2. The molecule has 11 heteroatoms. The molecule has 3 unspecified atom stereocenters. The molecule has 61 heavy (non-hydrogen) atoms. The van der Waals surface area contributed by atoms with Gasteiger partial charge in [0.25, 0.3) is 0 Å². The zero-order chi connectivity index (χ0) is 42.6. The molecule has 8 rings (SSSR count). The lowest BCUT2D eigenvalue weighted by Crippen LogP contribution is -2.66. The van der Waals surface area contributed by atoms with Crippen LogP contribution in [0.3, 0.4) is 0 Å². The van der Waals surface area contributed by atoms with E-state index in [-0.39, 0.29) is 23.2 Å². The lowest BCUT2D eigenvalue weighted by Gasteiger charge is -2.51. The number of phenols is 1. The first-order valence-corrected chi connectivity index (χ1v) is 22.1. The number of benzene rings is 4. The first-order valence-electron chi connectivity index (χ1n) is 22.1. The molecule has 1 amide bonds. The number of hydrogen-bond acceptors (Lipinski definition) is 8. The molecule has 0 spiro atoms. The third kappa shape index (κ3) is 11.5. The molecular formula is C50H61N4O7+. The highest BCUT2D eigenvalue weighted by Crippen LogP contribution is 2.36. The molecule has 0 radical (unpaired) electrons. The summed E-state index contributed by atoms with van der Waals surface area (Å²) < 4.78 is 13.2. The number of unbranched alkanes of at least 4 members (excludes halogenated alkanes) is 6. The number of carbonyl (C=O) groups excluding carboxylic acids is 2. The number of aryl methyl sites for hydroxylation is 1. The second-order valence-corrected chi connectivity index (χ2v) is 17.0. The molecule has 3 atom stereocenters. The number of H-pyrrole nitrogens is 1. The highest BCUT2D eigenvalue weighted by molar-refractivity contribution is 5.97. The maximum Gasteiger partial charge on any atom is 0.408 e. The molecule has 3 aliphatic heterocycles. The van der Waals surface area contributed by atoms with E-state index in [2.05, 4.69) is 15.6 Å². The van der Waals surface area contributed by atoms with Gasteiger partial charge in [0, 0.05) is 42.3 Å². The third-order valence-electron chi connectivity index (χ3n) is 12.7. The van der Waals surface area contributed by atoms with Crippen LogP contribution in [0, 0.1) is 12.8 Å². The number of nitrogens with one attached hydrogen (secondary N) is 3. The van der Waals surface area contributed by atoms with Gasteiger partial charge in [-0.25, -0.2) is 4.79 Å². The van der Waals surface area contributed by atoms with Gasteiger partial charge in [-0.1, -0.05) is 111 Å². The summed E-state index contributed by atoms with van der Waals surface area (Å²) >= 11 is 0. The van der Waals surface area contributed by atoms with Gasteiger partial charge in [0.2, 0.25) is 11.3 Å². The van der Waals surface area contributed by atoms with Crippen LogP contribution in [0.15, 0.2) is 108 Å². The maximum atomic E-state index is 13.7. The first kappa shape index (κ1) is 43.6. The van der Waals surface area contributed by atoms with Crippen LogP contribution in [-0.4, -0.2) is 83.5 Å². The van der Waals surface area contributed by atoms with E-state index in [1.54, 1.807) is 12.1 Å². The van der Waals surface area contributed by atoms with E-state index < -0.39 is 18.2 Å². The molecule has 11 nitrogen and oxygen atoms in total. The maximum absolute atomic E-state index is 13.7. The molecule has 2 bridgehead atoms. The number of phenolic OH excluding ortho intramolecular Hbond substituents is 1. The number of aromatic amines is 1. The monoisotopic (exact) mass is 829 g/mol. The van der Waals surface area contributed by atoms with Gasteiger partial charge in [0.15, 0.2) is 6.10 Å². The summed E-state index contributed by atoms with van der Waals surface area (Å²) in [5.41, 5.74) is 4.36. The zero-order valence-electron chi connectivity index (χ0n) is 35.3. The Balaban J connectivity index is 0.827. The van der Waals surface area contributed by atoms with Gasteiger partial charge >= 0.3 is 6.09 Å². The summed E-state index contributed by atoms with van der Waals surface area (Å²) in [7, 11) is 0. The van der Waals surface area contributed by atoms with Gasteiger partial charge < -0.3 is 39.8 Å². The molecule has 5 aromatic rings. The highest BCUT2D eigenvalue weighted by Gasteiger charge is 2.48. The summed E-state index contributed by atoms with van der Waals surface area (Å²) in [6.45, 7) is 6.81. The van der Waals surface area contributed by atoms with Gasteiger partial charge in [0.05, 0.1) is 37.4 Å². The summed E-state index contributed by atoms with van der Waals surface area (Å²) in [4.78, 5) is 41.2. The smallest absolute Gasteiger partial charge is 0.408 e. The molecular weight excluding hydrogens is 769 g/mol. The van der Waals surface area contributed by atoms with Crippen LogP contribution in [-0.2, 0) is 4.74 Å². The topological polar surface area (TPSA) is 150 Å². The van der Waals surface area contributed by atoms with Crippen molar-refractivity contribution >= 4 is 22.8 Å². The summed E-state index contributed by atoms with van der Waals surface area (Å²) in [6.07, 6.45) is 8.05. The highest BCUT2D eigenvalue weighted by atomic mass is 16.6. The number of alkyl carbamates (subject to hydrolysis) is 1. The van der Waals surface area contributed by atoms with Gasteiger partial charge in [-0.15, -0.1) is 0 Å². The molecule has 1 aromatic heterocycles. The summed E-state index contributed by atoms with van der Waals surface area (Å²) in [5.74, 6) is 1.24. The van der Waals surface area contributed by atoms with Crippen molar-refractivity contribution in [2.45, 2.75) is 83.0 Å². The molecule has 4 heterocycles. The van der Waals surface area contributed by atoms with E-state index in [1.807, 2.05) is 85.8 Å². The Labute approximate surface area is 358 Å². The lowest BCUT2D eigenvalue weighted by molar-refractivity contribution is -0.938. The van der Waals surface area contributed by atoms with Crippen LogP contribution in [0.2, 0.25) is 0 Å². The number of pyridine rings is 1. The van der Waals surface area contributed by atoms with Crippen LogP contribution in [0.5, 0.6) is 11.5 Å². The van der Waals surface area contributed by atoms with Gasteiger partial charge in [-0.3, -0.25) is 9.59 Å². The van der Waals surface area contributed by atoms with Crippen LogP contribution >= 0.6 is 0 Å². The SMILES string of the molecule is Cc1ccc(C(NC(=O)OC2C[N+]3(CC(=O)c4ccccc4)CCC2CC3)c2ccccc2)cc1OCCCCCCCCCNCC(O)c1ccc(O)c2[nH]c(=O)ccc12. The average molecular weight is 830 g/mol. The van der Waals surface area contributed by atoms with Gasteiger partial charge in [0.1, 0.15) is 24.6 Å². The number of quaternary nitrogens is 1. The van der Waals surface area contributed by atoms with E-state index in [0.29, 0.717) is 53.1 Å². The molecule has 3 saturated heterocycles. The molecule has 3 aliphatic rings. The average Bonchev–Trinajstić information content (AvgIpc) is 3.27. The fraction of sp³-hybridized carbons (Fsp3) is 0.420. The Bertz CT molecular complexity index is 2270.